The van der Waals surface area contributed by atoms with E-state index in [0.717, 1.165) is 18.2 Å². The summed E-state index contributed by atoms with van der Waals surface area (Å²) in [6.07, 6.45) is 2.48. The highest BCUT2D eigenvalue weighted by molar-refractivity contribution is 9.09. The maximum Gasteiger partial charge on any atom is 0.224 e. The SMILES string of the molecule is CC(CBr)CCCNC(=O)C1CCS(=O)(=O)C1. The Bertz CT molecular complexity index is 356. The summed E-state index contributed by atoms with van der Waals surface area (Å²) in [5, 5.41) is 3.80. The molecule has 1 rings (SSSR count). The molecule has 1 fully saturated rings. The van der Waals surface area contributed by atoms with Gasteiger partial charge in [0.1, 0.15) is 0 Å². The Balaban J connectivity index is 2.18. The molecule has 17 heavy (non-hydrogen) atoms. The quantitative estimate of drug-likeness (QED) is 0.592. The molecule has 2 atom stereocenters. The van der Waals surface area contributed by atoms with E-state index in [-0.39, 0.29) is 23.3 Å². The summed E-state index contributed by atoms with van der Waals surface area (Å²) in [6.45, 7) is 2.80. The number of hydrogen-bond acceptors (Lipinski definition) is 3. The summed E-state index contributed by atoms with van der Waals surface area (Å²) >= 11 is 3.41. The first-order valence-corrected chi connectivity index (χ1v) is 8.93. The lowest BCUT2D eigenvalue weighted by Crippen LogP contribution is -2.32. The van der Waals surface area contributed by atoms with Crippen LogP contribution in [-0.4, -0.2) is 37.7 Å². The van der Waals surface area contributed by atoms with Gasteiger partial charge in [-0.3, -0.25) is 4.79 Å². The second-order valence-corrected chi connectivity index (χ2v) is 7.67. The highest BCUT2D eigenvalue weighted by Gasteiger charge is 2.32. The van der Waals surface area contributed by atoms with Gasteiger partial charge in [-0.15, -0.1) is 0 Å². The number of hydrogen-bond donors (Lipinski definition) is 1. The van der Waals surface area contributed by atoms with E-state index >= 15 is 0 Å². The van der Waals surface area contributed by atoms with Crippen LogP contribution in [0.15, 0.2) is 0 Å². The third-order valence-corrected chi connectivity index (χ3v) is 5.91. The molecule has 1 N–H and O–H groups in total. The van der Waals surface area contributed by atoms with Crippen LogP contribution < -0.4 is 5.32 Å². The first-order valence-electron chi connectivity index (χ1n) is 5.98. The van der Waals surface area contributed by atoms with Crippen LogP contribution in [0.1, 0.15) is 26.2 Å². The lowest BCUT2D eigenvalue weighted by Gasteiger charge is -2.10. The Labute approximate surface area is 112 Å². The largest absolute Gasteiger partial charge is 0.356 e. The molecule has 2 unspecified atom stereocenters. The van der Waals surface area contributed by atoms with Crippen LogP contribution in [-0.2, 0) is 14.6 Å². The van der Waals surface area contributed by atoms with E-state index in [1.807, 2.05) is 0 Å². The fraction of sp³-hybridized carbons (Fsp3) is 0.909. The molecule has 0 aromatic rings. The molecule has 0 aromatic carbocycles. The lowest BCUT2D eigenvalue weighted by molar-refractivity contribution is -0.124. The van der Waals surface area contributed by atoms with E-state index in [4.69, 9.17) is 0 Å². The molecule has 0 aromatic heterocycles. The van der Waals surface area contributed by atoms with E-state index in [1.165, 1.54) is 0 Å². The smallest absolute Gasteiger partial charge is 0.224 e. The zero-order chi connectivity index (χ0) is 12.9. The minimum Gasteiger partial charge on any atom is -0.356 e. The highest BCUT2D eigenvalue weighted by Crippen LogP contribution is 2.18. The zero-order valence-corrected chi connectivity index (χ0v) is 12.5. The van der Waals surface area contributed by atoms with Crippen molar-refractivity contribution in [3.8, 4) is 0 Å². The number of nitrogens with one attached hydrogen (secondary N) is 1. The second-order valence-electron chi connectivity index (χ2n) is 4.79. The Morgan fingerprint density at radius 3 is 2.76 bits per heavy atom. The molecular weight excluding hydrogens is 306 g/mol. The van der Waals surface area contributed by atoms with Crippen molar-refractivity contribution in [3.63, 3.8) is 0 Å². The van der Waals surface area contributed by atoms with Gasteiger partial charge in [-0.25, -0.2) is 8.42 Å². The topological polar surface area (TPSA) is 63.2 Å². The van der Waals surface area contributed by atoms with Crippen LogP contribution in [0.5, 0.6) is 0 Å². The molecule has 1 saturated heterocycles. The standard InChI is InChI=1S/C11H20BrNO3S/c1-9(7-12)3-2-5-13-11(14)10-4-6-17(15,16)8-10/h9-10H,2-8H2,1H3,(H,13,14). The molecule has 1 aliphatic rings. The predicted molar refractivity (Wildman–Crippen MR) is 72.0 cm³/mol. The monoisotopic (exact) mass is 325 g/mol. The number of amides is 1. The number of carbonyl (C=O) groups is 1. The van der Waals surface area contributed by atoms with E-state index in [0.29, 0.717) is 18.9 Å². The Morgan fingerprint density at radius 1 is 1.53 bits per heavy atom. The first kappa shape index (κ1) is 15.0. The summed E-state index contributed by atoms with van der Waals surface area (Å²) in [6, 6.07) is 0. The van der Waals surface area contributed by atoms with Gasteiger partial charge in [0, 0.05) is 11.9 Å². The lowest BCUT2D eigenvalue weighted by atomic mass is 10.1. The second kappa shape index (κ2) is 6.73. The average Bonchev–Trinajstić information content (AvgIpc) is 2.64. The van der Waals surface area contributed by atoms with E-state index < -0.39 is 9.84 Å². The number of rotatable bonds is 6. The van der Waals surface area contributed by atoms with Crippen molar-refractivity contribution < 1.29 is 13.2 Å². The molecule has 4 nitrogen and oxygen atoms in total. The van der Waals surface area contributed by atoms with Gasteiger partial charge in [0.2, 0.25) is 5.91 Å². The Morgan fingerprint density at radius 2 is 2.24 bits per heavy atom. The molecule has 6 heteroatoms. The van der Waals surface area contributed by atoms with E-state index in [2.05, 4.69) is 28.2 Å². The average molecular weight is 326 g/mol. The van der Waals surface area contributed by atoms with E-state index in [9.17, 15) is 13.2 Å². The minimum atomic E-state index is -2.96. The molecule has 1 heterocycles. The van der Waals surface area contributed by atoms with Crippen molar-refractivity contribution >= 4 is 31.7 Å². The Kier molecular flexibility index (Phi) is 5.92. The molecule has 1 aliphatic heterocycles. The van der Waals surface area contributed by atoms with Gasteiger partial charge < -0.3 is 5.32 Å². The predicted octanol–water partition coefficient (Wildman–Crippen LogP) is 1.35. The van der Waals surface area contributed by atoms with Gasteiger partial charge in [0.05, 0.1) is 17.4 Å². The molecule has 1 amide bonds. The molecule has 0 saturated carbocycles. The van der Waals surface area contributed by atoms with Crippen LogP contribution in [0.25, 0.3) is 0 Å². The van der Waals surface area contributed by atoms with Gasteiger partial charge in [-0.1, -0.05) is 22.9 Å². The molecule has 0 aliphatic carbocycles. The zero-order valence-electron chi connectivity index (χ0n) is 10.1. The van der Waals surface area contributed by atoms with Crippen LogP contribution in [0.4, 0.5) is 0 Å². The maximum absolute atomic E-state index is 11.7. The van der Waals surface area contributed by atoms with Crippen LogP contribution in [0.3, 0.4) is 0 Å². The third-order valence-electron chi connectivity index (χ3n) is 3.04. The van der Waals surface area contributed by atoms with Gasteiger partial charge in [-0.05, 0) is 25.2 Å². The summed E-state index contributed by atoms with van der Waals surface area (Å²) in [7, 11) is -2.96. The van der Waals surface area contributed by atoms with E-state index in [1.54, 1.807) is 0 Å². The molecule has 0 radical (unpaired) electrons. The minimum absolute atomic E-state index is 0.0244. The number of halogens is 1. The number of sulfone groups is 1. The molecule has 100 valence electrons. The van der Waals surface area contributed by atoms with Gasteiger partial charge in [0.15, 0.2) is 9.84 Å². The maximum atomic E-state index is 11.7. The van der Waals surface area contributed by atoms with Crippen LogP contribution in [0, 0.1) is 11.8 Å². The van der Waals surface area contributed by atoms with Crippen molar-refractivity contribution in [1.82, 2.24) is 5.32 Å². The normalized spacial score (nSPS) is 24.5. The van der Waals surface area contributed by atoms with Crippen LogP contribution >= 0.6 is 15.9 Å². The highest BCUT2D eigenvalue weighted by atomic mass is 79.9. The fourth-order valence-corrected chi connectivity index (χ4v) is 3.95. The molecular formula is C11H20BrNO3S. The molecule has 0 spiro atoms. The van der Waals surface area contributed by atoms with Gasteiger partial charge in [0.25, 0.3) is 0 Å². The summed E-state index contributed by atoms with van der Waals surface area (Å²) in [4.78, 5) is 11.7. The number of carbonyl (C=O) groups excluding carboxylic acids is 1. The molecule has 0 bridgehead atoms. The van der Waals surface area contributed by atoms with Crippen molar-refractivity contribution in [2.24, 2.45) is 11.8 Å². The van der Waals surface area contributed by atoms with Crippen LogP contribution in [0.2, 0.25) is 0 Å². The first-order chi connectivity index (χ1) is 7.94. The fourth-order valence-electron chi connectivity index (χ4n) is 1.89. The van der Waals surface area contributed by atoms with Crippen molar-refractivity contribution in [2.45, 2.75) is 26.2 Å². The summed E-state index contributed by atoms with van der Waals surface area (Å²) in [5.41, 5.74) is 0. The number of alkyl halides is 1. The van der Waals surface area contributed by atoms with Gasteiger partial charge in [-0.2, -0.15) is 0 Å². The van der Waals surface area contributed by atoms with Gasteiger partial charge >= 0.3 is 0 Å². The van der Waals surface area contributed by atoms with Crippen molar-refractivity contribution in [1.29, 1.82) is 0 Å². The Hall–Kier alpha value is -0.100. The van der Waals surface area contributed by atoms with Crippen molar-refractivity contribution in [2.75, 3.05) is 23.4 Å². The summed E-state index contributed by atoms with van der Waals surface area (Å²) < 4.78 is 22.4. The third kappa shape index (κ3) is 5.38. The summed E-state index contributed by atoms with van der Waals surface area (Å²) in [5.74, 6) is 0.368. The van der Waals surface area contributed by atoms with Crippen molar-refractivity contribution in [3.05, 3.63) is 0 Å².